The number of nitrogens with one attached hydrogen (secondary N) is 1. The number of amides is 2. The molecule has 0 radical (unpaired) electrons. The molecule has 19 heavy (non-hydrogen) atoms. The average Bonchev–Trinajstić information content (AvgIpc) is 2.92. The Labute approximate surface area is 113 Å². The van der Waals surface area contributed by atoms with E-state index in [1.165, 1.54) is 0 Å². The monoisotopic (exact) mass is 260 g/mol. The van der Waals surface area contributed by atoms with E-state index in [4.69, 9.17) is 0 Å². The summed E-state index contributed by atoms with van der Waals surface area (Å²) in [4.78, 5) is 25.7. The number of rotatable bonds is 3. The zero-order valence-corrected chi connectivity index (χ0v) is 11.5. The summed E-state index contributed by atoms with van der Waals surface area (Å²) >= 11 is 0. The quantitative estimate of drug-likeness (QED) is 0.907. The van der Waals surface area contributed by atoms with Crippen molar-refractivity contribution in [2.24, 2.45) is 5.92 Å². The number of carbonyl (C=O) groups is 2. The van der Waals surface area contributed by atoms with Gasteiger partial charge in [-0.2, -0.15) is 0 Å². The molecule has 0 atom stereocenters. The van der Waals surface area contributed by atoms with Gasteiger partial charge in [0.2, 0.25) is 5.91 Å². The van der Waals surface area contributed by atoms with Crippen molar-refractivity contribution in [3.8, 4) is 0 Å². The molecule has 1 saturated heterocycles. The maximum atomic E-state index is 12.2. The molecule has 1 aliphatic rings. The standard InChI is InChI=1S/C15H20N2O2/c1-11(2)14(18)16-13-7-5-6-12(10-13)15(19)17-8-3-4-9-17/h5-7,10-11H,3-4,8-9H2,1-2H3,(H,16,18). The summed E-state index contributed by atoms with van der Waals surface area (Å²) in [6.07, 6.45) is 2.16. The van der Waals surface area contributed by atoms with Gasteiger partial charge < -0.3 is 10.2 Å². The fourth-order valence-corrected chi connectivity index (χ4v) is 2.12. The number of carbonyl (C=O) groups excluding carboxylic acids is 2. The average molecular weight is 260 g/mol. The van der Waals surface area contributed by atoms with Gasteiger partial charge in [-0.1, -0.05) is 19.9 Å². The van der Waals surface area contributed by atoms with Crippen LogP contribution in [0.1, 0.15) is 37.0 Å². The van der Waals surface area contributed by atoms with Crippen LogP contribution in [0.4, 0.5) is 5.69 Å². The number of hydrogen-bond donors (Lipinski definition) is 1. The van der Waals surface area contributed by atoms with Crippen LogP contribution in [0.3, 0.4) is 0 Å². The lowest BCUT2D eigenvalue weighted by Gasteiger charge is -2.16. The Balaban J connectivity index is 2.10. The van der Waals surface area contributed by atoms with Crippen LogP contribution in [0.25, 0.3) is 0 Å². The van der Waals surface area contributed by atoms with Gasteiger partial charge in [0, 0.05) is 30.3 Å². The molecule has 0 bridgehead atoms. The molecule has 0 saturated carbocycles. The summed E-state index contributed by atoms with van der Waals surface area (Å²) in [6.45, 7) is 5.35. The summed E-state index contributed by atoms with van der Waals surface area (Å²) in [5, 5.41) is 2.82. The smallest absolute Gasteiger partial charge is 0.253 e. The first kappa shape index (κ1) is 13.6. The van der Waals surface area contributed by atoms with Crippen LogP contribution in [-0.4, -0.2) is 29.8 Å². The summed E-state index contributed by atoms with van der Waals surface area (Å²) in [6, 6.07) is 7.16. The summed E-state index contributed by atoms with van der Waals surface area (Å²) in [7, 11) is 0. The molecular formula is C15H20N2O2. The van der Waals surface area contributed by atoms with Crippen molar-refractivity contribution in [2.75, 3.05) is 18.4 Å². The van der Waals surface area contributed by atoms with Crippen molar-refractivity contribution < 1.29 is 9.59 Å². The van der Waals surface area contributed by atoms with Crippen LogP contribution in [0, 0.1) is 5.92 Å². The maximum absolute atomic E-state index is 12.2. The van der Waals surface area contributed by atoms with Crippen molar-refractivity contribution in [2.45, 2.75) is 26.7 Å². The minimum atomic E-state index is -0.0714. The van der Waals surface area contributed by atoms with Crippen molar-refractivity contribution in [3.05, 3.63) is 29.8 Å². The van der Waals surface area contributed by atoms with E-state index in [0.29, 0.717) is 11.3 Å². The molecule has 102 valence electrons. The number of hydrogen-bond acceptors (Lipinski definition) is 2. The fourth-order valence-electron chi connectivity index (χ4n) is 2.12. The Morgan fingerprint density at radius 1 is 1.21 bits per heavy atom. The lowest BCUT2D eigenvalue weighted by atomic mass is 10.1. The lowest BCUT2D eigenvalue weighted by Crippen LogP contribution is -2.27. The van der Waals surface area contributed by atoms with Gasteiger partial charge in [0.05, 0.1) is 0 Å². The van der Waals surface area contributed by atoms with Crippen LogP contribution < -0.4 is 5.32 Å². The Kier molecular flexibility index (Phi) is 4.20. The van der Waals surface area contributed by atoms with E-state index in [1.54, 1.807) is 24.3 Å². The zero-order chi connectivity index (χ0) is 13.8. The number of anilines is 1. The highest BCUT2D eigenvalue weighted by molar-refractivity contribution is 5.97. The molecule has 1 aromatic rings. The topological polar surface area (TPSA) is 49.4 Å². The van der Waals surface area contributed by atoms with E-state index in [1.807, 2.05) is 18.7 Å². The predicted octanol–water partition coefficient (Wildman–Crippen LogP) is 2.52. The molecule has 0 aromatic heterocycles. The molecule has 1 N–H and O–H groups in total. The SMILES string of the molecule is CC(C)C(=O)Nc1cccc(C(=O)N2CCCC2)c1. The van der Waals surface area contributed by atoms with E-state index in [9.17, 15) is 9.59 Å². The van der Waals surface area contributed by atoms with E-state index < -0.39 is 0 Å². The third-order valence-electron chi connectivity index (χ3n) is 3.29. The van der Waals surface area contributed by atoms with Gasteiger partial charge in [-0.15, -0.1) is 0 Å². The first-order valence-corrected chi connectivity index (χ1v) is 6.78. The summed E-state index contributed by atoms with van der Waals surface area (Å²) in [5.41, 5.74) is 1.33. The van der Waals surface area contributed by atoms with Crippen molar-refractivity contribution in [1.29, 1.82) is 0 Å². The molecule has 2 rings (SSSR count). The van der Waals surface area contributed by atoms with Crippen molar-refractivity contribution in [3.63, 3.8) is 0 Å². The molecule has 1 heterocycles. The van der Waals surface area contributed by atoms with Crippen LogP contribution in [0.2, 0.25) is 0 Å². The van der Waals surface area contributed by atoms with Crippen molar-refractivity contribution >= 4 is 17.5 Å². The highest BCUT2D eigenvalue weighted by Gasteiger charge is 2.19. The minimum absolute atomic E-state index is 0.0363. The van der Waals surface area contributed by atoms with Crippen LogP contribution in [0.15, 0.2) is 24.3 Å². The molecule has 0 spiro atoms. The van der Waals surface area contributed by atoms with Crippen LogP contribution >= 0.6 is 0 Å². The van der Waals surface area contributed by atoms with Gasteiger partial charge in [0.1, 0.15) is 0 Å². The van der Waals surface area contributed by atoms with E-state index in [2.05, 4.69) is 5.32 Å². The lowest BCUT2D eigenvalue weighted by molar-refractivity contribution is -0.118. The Bertz CT molecular complexity index is 477. The maximum Gasteiger partial charge on any atom is 0.253 e. The summed E-state index contributed by atoms with van der Waals surface area (Å²) < 4.78 is 0. The van der Waals surface area contributed by atoms with E-state index in [0.717, 1.165) is 25.9 Å². The van der Waals surface area contributed by atoms with Gasteiger partial charge >= 0.3 is 0 Å². The number of nitrogens with zero attached hydrogens (tertiary/aromatic N) is 1. The summed E-state index contributed by atoms with van der Waals surface area (Å²) in [5.74, 6) is -0.0538. The molecular weight excluding hydrogens is 240 g/mol. The molecule has 0 aliphatic carbocycles. The largest absolute Gasteiger partial charge is 0.339 e. The normalized spacial score (nSPS) is 14.8. The Morgan fingerprint density at radius 2 is 1.89 bits per heavy atom. The van der Waals surface area contributed by atoms with Gasteiger partial charge in [-0.25, -0.2) is 0 Å². The van der Waals surface area contributed by atoms with Gasteiger partial charge in [0.15, 0.2) is 0 Å². The Morgan fingerprint density at radius 3 is 2.53 bits per heavy atom. The minimum Gasteiger partial charge on any atom is -0.339 e. The number of benzene rings is 1. The van der Waals surface area contributed by atoms with Crippen LogP contribution in [0.5, 0.6) is 0 Å². The molecule has 1 fully saturated rings. The molecule has 2 amide bonds. The molecule has 1 aliphatic heterocycles. The second kappa shape index (κ2) is 5.87. The molecule has 4 heteroatoms. The first-order valence-electron chi connectivity index (χ1n) is 6.78. The molecule has 0 unspecified atom stereocenters. The fraction of sp³-hybridized carbons (Fsp3) is 0.467. The predicted molar refractivity (Wildman–Crippen MR) is 75.0 cm³/mol. The molecule has 4 nitrogen and oxygen atoms in total. The van der Waals surface area contributed by atoms with Crippen molar-refractivity contribution in [1.82, 2.24) is 4.90 Å². The van der Waals surface area contributed by atoms with Crippen LogP contribution in [-0.2, 0) is 4.79 Å². The first-order chi connectivity index (χ1) is 9.08. The number of likely N-dealkylation sites (tertiary alicyclic amines) is 1. The molecule has 1 aromatic carbocycles. The van der Waals surface area contributed by atoms with Gasteiger partial charge in [-0.3, -0.25) is 9.59 Å². The highest BCUT2D eigenvalue weighted by Crippen LogP contribution is 2.16. The second-order valence-electron chi connectivity index (χ2n) is 5.22. The second-order valence-corrected chi connectivity index (χ2v) is 5.22. The van der Waals surface area contributed by atoms with E-state index >= 15 is 0 Å². The zero-order valence-electron chi connectivity index (χ0n) is 11.5. The highest BCUT2D eigenvalue weighted by atomic mass is 16.2. The Hall–Kier alpha value is -1.84. The van der Waals surface area contributed by atoms with Gasteiger partial charge in [0.25, 0.3) is 5.91 Å². The third kappa shape index (κ3) is 3.34. The van der Waals surface area contributed by atoms with Gasteiger partial charge in [-0.05, 0) is 31.0 Å². The van der Waals surface area contributed by atoms with E-state index in [-0.39, 0.29) is 17.7 Å². The third-order valence-corrected chi connectivity index (χ3v) is 3.29.